The summed E-state index contributed by atoms with van der Waals surface area (Å²) in [5, 5.41) is 12.2. The molecule has 1 unspecified atom stereocenters. The highest BCUT2D eigenvalue weighted by atomic mass is 16.4. The van der Waals surface area contributed by atoms with Gasteiger partial charge in [-0.1, -0.05) is 40.0 Å². The maximum Gasteiger partial charge on any atom is 0.310 e. The molecular weight excluding hydrogens is 242 g/mol. The van der Waals surface area contributed by atoms with Crippen molar-refractivity contribution in [3.63, 3.8) is 0 Å². The summed E-state index contributed by atoms with van der Waals surface area (Å²) >= 11 is 0. The Morgan fingerprint density at radius 2 is 1.74 bits per heavy atom. The van der Waals surface area contributed by atoms with Crippen molar-refractivity contribution < 1.29 is 14.7 Å². The molecule has 19 heavy (non-hydrogen) atoms. The molecule has 4 nitrogen and oxygen atoms in total. The molecule has 1 amide bonds. The first-order valence-corrected chi connectivity index (χ1v) is 7.44. The van der Waals surface area contributed by atoms with Crippen LogP contribution < -0.4 is 5.32 Å². The highest BCUT2D eigenvalue weighted by Crippen LogP contribution is 2.30. The Morgan fingerprint density at radius 3 is 2.16 bits per heavy atom. The largest absolute Gasteiger partial charge is 0.481 e. The molecule has 0 aromatic carbocycles. The Labute approximate surface area is 117 Å². The summed E-state index contributed by atoms with van der Waals surface area (Å²) in [5.41, 5.74) is -0.910. The van der Waals surface area contributed by atoms with Gasteiger partial charge in [-0.15, -0.1) is 0 Å². The number of carbonyl (C=O) groups is 2. The molecule has 0 spiro atoms. The van der Waals surface area contributed by atoms with Crippen LogP contribution in [0.1, 0.15) is 72.6 Å². The summed E-state index contributed by atoms with van der Waals surface area (Å²) in [6, 6.07) is 0.124. The maximum absolute atomic E-state index is 11.9. The molecule has 2 N–H and O–H groups in total. The molecule has 0 aliphatic rings. The van der Waals surface area contributed by atoms with Gasteiger partial charge in [0, 0.05) is 12.5 Å². The third kappa shape index (κ3) is 6.08. The Bertz CT molecular complexity index is 285. The normalized spacial score (nSPS) is 13.1. The molecule has 0 radical (unpaired) electrons. The number of aliphatic carboxylic acids is 1. The van der Waals surface area contributed by atoms with Gasteiger partial charge in [0.1, 0.15) is 0 Å². The second-order valence-corrected chi connectivity index (χ2v) is 5.43. The monoisotopic (exact) mass is 271 g/mol. The summed E-state index contributed by atoms with van der Waals surface area (Å²) in [7, 11) is 0. The lowest BCUT2D eigenvalue weighted by atomic mass is 9.79. The van der Waals surface area contributed by atoms with Crippen molar-refractivity contribution in [2.24, 2.45) is 5.41 Å². The third-order valence-corrected chi connectivity index (χ3v) is 3.95. The number of unbranched alkanes of at least 4 members (excludes halogenated alkanes) is 2. The van der Waals surface area contributed by atoms with E-state index in [4.69, 9.17) is 0 Å². The van der Waals surface area contributed by atoms with Crippen LogP contribution in [0.5, 0.6) is 0 Å². The van der Waals surface area contributed by atoms with E-state index in [-0.39, 0.29) is 18.4 Å². The van der Waals surface area contributed by atoms with Crippen LogP contribution in [0.4, 0.5) is 0 Å². The van der Waals surface area contributed by atoms with Crippen LogP contribution in [-0.4, -0.2) is 23.0 Å². The number of carboxylic acids is 1. The van der Waals surface area contributed by atoms with E-state index >= 15 is 0 Å². The highest BCUT2D eigenvalue weighted by molar-refractivity contribution is 5.85. The summed E-state index contributed by atoms with van der Waals surface area (Å²) in [6.07, 6.45) is 5.43. The topological polar surface area (TPSA) is 66.4 Å². The fourth-order valence-electron chi connectivity index (χ4n) is 2.28. The zero-order chi connectivity index (χ0) is 14.9. The van der Waals surface area contributed by atoms with Gasteiger partial charge in [-0.3, -0.25) is 9.59 Å². The average Bonchev–Trinajstić information content (AvgIpc) is 2.35. The van der Waals surface area contributed by atoms with Crippen LogP contribution in [0.3, 0.4) is 0 Å². The van der Waals surface area contributed by atoms with Gasteiger partial charge >= 0.3 is 5.97 Å². The van der Waals surface area contributed by atoms with Crippen LogP contribution in [0.15, 0.2) is 0 Å². The molecule has 0 bridgehead atoms. The zero-order valence-electron chi connectivity index (χ0n) is 12.8. The Hall–Kier alpha value is -1.06. The minimum Gasteiger partial charge on any atom is -0.481 e. The van der Waals surface area contributed by atoms with Crippen molar-refractivity contribution in [1.29, 1.82) is 0 Å². The molecule has 0 saturated carbocycles. The minimum atomic E-state index is -0.910. The van der Waals surface area contributed by atoms with Crippen molar-refractivity contribution in [2.45, 2.75) is 78.7 Å². The molecule has 0 fully saturated rings. The number of nitrogens with one attached hydrogen (secondary N) is 1. The molecule has 1 atom stereocenters. The van der Waals surface area contributed by atoms with E-state index in [1.54, 1.807) is 0 Å². The quantitative estimate of drug-likeness (QED) is 0.599. The van der Waals surface area contributed by atoms with Crippen molar-refractivity contribution >= 4 is 11.9 Å². The molecule has 0 aromatic heterocycles. The van der Waals surface area contributed by atoms with Crippen molar-refractivity contribution in [1.82, 2.24) is 5.32 Å². The Morgan fingerprint density at radius 1 is 1.16 bits per heavy atom. The first-order valence-electron chi connectivity index (χ1n) is 7.44. The molecule has 4 heteroatoms. The fourth-order valence-corrected chi connectivity index (χ4v) is 2.28. The molecule has 0 aliphatic carbocycles. The van der Waals surface area contributed by atoms with E-state index in [1.807, 2.05) is 20.8 Å². The van der Waals surface area contributed by atoms with E-state index in [2.05, 4.69) is 12.2 Å². The Balaban J connectivity index is 4.31. The number of hydrogen-bond donors (Lipinski definition) is 2. The molecule has 0 heterocycles. The van der Waals surface area contributed by atoms with Gasteiger partial charge in [0.05, 0.1) is 5.41 Å². The van der Waals surface area contributed by atoms with Gasteiger partial charge in [0.2, 0.25) is 5.91 Å². The summed E-state index contributed by atoms with van der Waals surface area (Å²) < 4.78 is 0. The van der Waals surface area contributed by atoms with Crippen LogP contribution in [0.25, 0.3) is 0 Å². The number of carboxylic acid groups (broad SMARTS) is 1. The van der Waals surface area contributed by atoms with E-state index in [0.29, 0.717) is 12.8 Å². The molecule has 112 valence electrons. The third-order valence-electron chi connectivity index (χ3n) is 3.95. The first-order chi connectivity index (χ1) is 8.91. The molecule has 0 rings (SSSR count). The van der Waals surface area contributed by atoms with Gasteiger partial charge < -0.3 is 10.4 Å². The predicted octanol–water partition coefficient (Wildman–Crippen LogP) is 3.35. The number of carbonyl (C=O) groups excluding carboxylic acids is 1. The molecule has 0 saturated heterocycles. The van der Waals surface area contributed by atoms with E-state index in [1.165, 1.54) is 6.42 Å². The summed E-state index contributed by atoms with van der Waals surface area (Å²) in [6.45, 7) is 7.78. The second-order valence-electron chi connectivity index (χ2n) is 5.43. The van der Waals surface area contributed by atoms with E-state index in [0.717, 1.165) is 19.3 Å². The van der Waals surface area contributed by atoms with Gasteiger partial charge in [0.25, 0.3) is 0 Å². The van der Waals surface area contributed by atoms with E-state index < -0.39 is 11.4 Å². The Kier molecular flexibility index (Phi) is 8.44. The predicted molar refractivity (Wildman–Crippen MR) is 77.0 cm³/mol. The molecule has 0 aromatic rings. The lowest BCUT2D eigenvalue weighted by molar-refractivity contribution is -0.152. The SMILES string of the molecule is CCCCCC(C)NC(=O)CC(CC)(CC)C(=O)O. The van der Waals surface area contributed by atoms with Crippen LogP contribution in [-0.2, 0) is 9.59 Å². The smallest absolute Gasteiger partial charge is 0.310 e. The van der Waals surface area contributed by atoms with Crippen molar-refractivity contribution in [3.8, 4) is 0 Å². The number of amides is 1. The van der Waals surface area contributed by atoms with Gasteiger partial charge in [-0.05, 0) is 26.2 Å². The summed E-state index contributed by atoms with van der Waals surface area (Å²) in [4.78, 5) is 23.3. The van der Waals surface area contributed by atoms with Crippen LogP contribution in [0, 0.1) is 5.41 Å². The molecular formula is C15H29NO3. The fraction of sp³-hybridized carbons (Fsp3) is 0.867. The van der Waals surface area contributed by atoms with Gasteiger partial charge in [-0.25, -0.2) is 0 Å². The van der Waals surface area contributed by atoms with Crippen LogP contribution in [0.2, 0.25) is 0 Å². The van der Waals surface area contributed by atoms with Crippen molar-refractivity contribution in [3.05, 3.63) is 0 Å². The standard InChI is InChI=1S/C15H29NO3/c1-5-8-9-10-12(4)16-13(17)11-15(6-2,7-3)14(18)19/h12H,5-11H2,1-4H3,(H,16,17)(H,18,19). The molecule has 0 aliphatic heterocycles. The van der Waals surface area contributed by atoms with E-state index in [9.17, 15) is 14.7 Å². The first kappa shape index (κ1) is 17.9. The van der Waals surface area contributed by atoms with Gasteiger partial charge in [-0.2, -0.15) is 0 Å². The summed E-state index contributed by atoms with van der Waals surface area (Å²) in [5.74, 6) is -1.01. The number of rotatable bonds is 10. The highest BCUT2D eigenvalue weighted by Gasteiger charge is 2.37. The van der Waals surface area contributed by atoms with Crippen LogP contribution >= 0.6 is 0 Å². The lowest BCUT2D eigenvalue weighted by Crippen LogP contribution is -2.40. The lowest BCUT2D eigenvalue weighted by Gasteiger charge is -2.26. The number of hydrogen-bond acceptors (Lipinski definition) is 2. The van der Waals surface area contributed by atoms with Gasteiger partial charge in [0.15, 0.2) is 0 Å². The van der Waals surface area contributed by atoms with Crippen molar-refractivity contribution in [2.75, 3.05) is 0 Å². The minimum absolute atomic E-state index is 0.0768. The maximum atomic E-state index is 11.9. The zero-order valence-corrected chi connectivity index (χ0v) is 12.8. The average molecular weight is 271 g/mol. The second kappa shape index (κ2) is 8.94.